The highest BCUT2D eigenvalue weighted by atomic mass is 35.5. The molecular weight excluding hydrogens is 342 g/mol. The summed E-state index contributed by atoms with van der Waals surface area (Å²) in [6, 6.07) is 6.41. The van der Waals surface area contributed by atoms with Crippen molar-refractivity contribution in [2.75, 3.05) is 0 Å². The maximum Gasteiger partial charge on any atom is 0.308 e. The third-order valence-corrected chi connectivity index (χ3v) is 3.68. The lowest BCUT2D eigenvalue weighted by Crippen LogP contribution is -2.32. The molecule has 2 aromatic rings. The van der Waals surface area contributed by atoms with E-state index in [9.17, 15) is 9.59 Å². The summed E-state index contributed by atoms with van der Waals surface area (Å²) in [6.07, 6.45) is 2.62. The van der Waals surface area contributed by atoms with E-state index in [-0.39, 0.29) is 18.2 Å². The molecule has 0 aliphatic carbocycles. The molecule has 7 heteroatoms. The number of hydrogen-bond acceptors (Lipinski definition) is 5. The van der Waals surface area contributed by atoms with Crippen molar-refractivity contribution in [1.82, 2.24) is 15.3 Å². The monoisotopic (exact) mass is 361 g/mol. The van der Waals surface area contributed by atoms with Crippen LogP contribution >= 0.6 is 11.6 Å². The van der Waals surface area contributed by atoms with Gasteiger partial charge < -0.3 is 10.1 Å². The zero-order valence-electron chi connectivity index (χ0n) is 14.3. The third-order valence-electron chi connectivity index (χ3n) is 3.34. The van der Waals surface area contributed by atoms with Crippen LogP contribution in [0.25, 0.3) is 0 Å². The second-order valence-corrected chi connectivity index (χ2v) is 6.24. The van der Waals surface area contributed by atoms with Crippen LogP contribution in [-0.4, -0.2) is 27.9 Å². The minimum atomic E-state index is -0.629. The van der Waals surface area contributed by atoms with Crippen LogP contribution in [0.5, 0.6) is 0 Å². The van der Waals surface area contributed by atoms with Gasteiger partial charge in [-0.25, -0.2) is 4.98 Å². The summed E-state index contributed by atoms with van der Waals surface area (Å²) in [5.74, 6) is -0.857. The van der Waals surface area contributed by atoms with Crippen molar-refractivity contribution in [3.8, 4) is 0 Å². The molecule has 132 valence electrons. The molecule has 0 spiro atoms. The number of ether oxygens (including phenoxy) is 1. The number of aryl methyl sites for hydroxylation is 1. The Kier molecular flexibility index (Phi) is 6.47. The van der Waals surface area contributed by atoms with Crippen LogP contribution in [0.2, 0.25) is 5.02 Å². The van der Waals surface area contributed by atoms with Crippen molar-refractivity contribution in [3.63, 3.8) is 0 Å². The molecule has 0 unspecified atom stereocenters. The van der Waals surface area contributed by atoms with Gasteiger partial charge in [-0.3, -0.25) is 14.6 Å². The summed E-state index contributed by atoms with van der Waals surface area (Å²) < 4.78 is 5.18. The van der Waals surface area contributed by atoms with Crippen LogP contribution in [0, 0.1) is 6.92 Å². The number of aromatic nitrogens is 2. The largest absolute Gasteiger partial charge is 0.463 e. The molecule has 1 atom stereocenters. The summed E-state index contributed by atoms with van der Waals surface area (Å²) in [5, 5.41) is 3.25. The van der Waals surface area contributed by atoms with Crippen LogP contribution in [0.3, 0.4) is 0 Å². The Balaban J connectivity index is 2.22. The summed E-state index contributed by atoms with van der Waals surface area (Å²) in [5.41, 5.74) is 1.51. The number of benzene rings is 1. The lowest BCUT2D eigenvalue weighted by atomic mass is 10.0. The molecule has 1 aromatic carbocycles. The highest BCUT2D eigenvalue weighted by Crippen LogP contribution is 2.26. The number of carbonyl (C=O) groups is 2. The van der Waals surface area contributed by atoms with Gasteiger partial charge in [0.25, 0.3) is 5.91 Å². The van der Waals surface area contributed by atoms with Gasteiger partial charge in [0.15, 0.2) is 0 Å². The SMILES string of the molecule is Cc1cnc(C(=O)N[C@@H](CC(=O)OC(C)C)c2ccccc2Cl)cn1. The molecule has 0 saturated carbocycles. The van der Waals surface area contributed by atoms with Crippen molar-refractivity contribution in [2.24, 2.45) is 0 Å². The Labute approximate surface area is 151 Å². The highest BCUT2D eigenvalue weighted by molar-refractivity contribution is 6.31. The fourth-order valence-corrected chi connectivity index (χ4v) is 2.48. The minimum Gasteiger partial charge on any atom is -0.463 e. The average molecular weight is 362 g/mol. The molecule has 0 aliphatic rings. The average Bonchev–Trinajstić information content (AvgIpc) is 2.54. The van der Waals surface area contributed by atoms with Gasteiger partial charge in [0.05, 0.1) is 30.5 Å². The molecule has 1 aromatic heterocycles. The lowest BCUT2D eigenvalue weighted by molar-refractivity contribution is -0.147. The number of halogens is 1. The van der Waals surface area contributed by atoms with E-state index >= 15 is 0 Å². The number of hydrogen-bond donors (Lipinski definition) is 1. The Hall–Kier alpha value is -2.47. The highest BCUT2D eigenvalue weighted by Gasteiger charge is 2.23. The normalized spacial score (nSPS) is 11.9. The molecule has 1 amide bonds. The van der Waals surface area contributed by atoms with Gasteiger partial charge in [0.2, 0.25) is 0 Å². The van der Waals surface area contributed by atoms with Gasteiger partial charge in [-0.1, -0.05) is 29.8 Å². The van der Waals surface area contributed by atoms with E-state index in [4.69, 9.17) is 16.3 Å². The van der Waals surface area contributed by atoms with Crippen molar-refractivity contribution in [3.05, 3.63) is 58.6 Å². The second kappa shape index (κ2) is 8.58. The number of carbonyl (C=O) groups excluding carboxylic acids is 2. The first kappa shape index (κ1) is 18.9. The molecule has 0 fully saturated rings. The lowest BCUT2D eigenvalue weighted by Gasteiger charge is -2.20. The van der Waals surface area contributed by atoms with E-state index in [1.165, 1.54) is 12.4 Å². The molecule has 0 aliphatic heterocycles. The number of amides is 1. The van der Waals surface area contributed by atoms with Gasteiger partial charge in [0, 0.05) is 11.2 Å². The van der Waals surface area contributed by atoms with Crippen molar-refractivity contribution >= 4 is 23.5 Å². The molecule has 25 heavy (non-hydrogen) atoms. The van der Waals surface area contributed by atoms with Crippen molar-refractivity contribution < 1.29 is 14.3 Å². The van der Waals surface area contributed by atoms with E-state index in [0.29, 0.717) is 16.3 Å². The summed E-state index contributed by atoms with van der Waals surface area (Å²) in [4.78, 5) is 32.6. The first-order valence-corrected chi connectivity index (χ1v) is 8.28. The van der Waals surface area contributed by atoms with Gasteiger partial charge in [-0.15, -0.1) is 0 Å². The molecule has 6 nitrogen and oxygen atoms in total. The fourth-order valence-electron chi connectivity index (χ4n) is 2.22. The summed E-state index contributed by atoms with van der Waals surface area (Å²) in [7, 11) is 0. The maximum absolute atomic E-state index is 12.4. The van der Waals surface area contributed by atoms with E-state index < -0.39 is 17.9 Å². The smallest absolute Gasteiger partial charge is 0.308 e. The molecule has 0 bridgehead atoms. The standard InChI is InChI=1S/C18H20ClN3O3/c1-11(2)25-17(23)8-15(13-6-4-5-7-14(13)19)22-18(24)16-10-20-12(3)9-21-16/h4-7,9-11,15H,8H2,1-3H3,(H,22,24)/t15-/m0/s1. The molecule has 0 saturated heterocycles. The molecular formula is C18H20ClN3O3. The van der Waals surface area contributed by atoms with Crippen LogP contribution in [-0.2, 0) is 9.53 Å². The van der Waals surface area contributed by atoms with E-state index in [1.54, 1.807) is 45.0 Å². The summed E-state index contributed by atoms with van der Waals surface area (Å²) >= 11 is 6.23. The topological polar surface area (TPSA) is 81.2 Å². The predicted molar refractivity (Wildman–Crippen MR) is 94.3 cm³/mol. The van der Waals surface area contributed by atoms with Crippen LogP contribution in [0.1, 0.15) is 48.1 Å². The van der Waals surface area contributed by atoms with E-state index in [0.717, 1.165) is 0 Å². The molecule has 0 radical (unpaired) electrons. The van der Waals surface area contributed by atoms with Crippen molar-refractivity contribution in [2.45, 2.75) is 39.3 Å². The molecule has 1 N–H and O–H groups in total. The van der Waals surface area contributed by atoms with Gasteiger partial charge in [0.1, 0.15) is 5.69 Å². The molecule has 2 rings (SSSR count). The number of nitrogens with zero attached hydrogens (tertiary/aromatic N) is 2. The Morgan fingerprint density at radius 1 is 1.20 bits per heavy atom. The third kappa shape index (κ3) is 5.53. The van der Waals surface area contributed by atoms with E-state index in [2.05, 4.69) is 15.3 Å². The van der Waals surface area contributed by atoms with Gasteiger partial charge >= 0.3 is 5.97 Å². The Morgan fingerprint density at radius 3 is 2.52 bits per heavy atom. The van der Waals surface area contributed by atoms with Crippen molar-refractivity contribution in [1.29, 1.82) is 0 Å². The Morgan fingerprint density at radius 2 is 1.92 bits per heavy atom. The maximum atomic E-state index is 12.4. The first-order valence-electron chi connectivity index (χ1n) is 7.90. The zero-order chi connectivity index (χ0) is 18.4. The molecule has 1 heterocycles. The fraction of sp³-hybridized carbons (Fsp3) is 0.333. The van der Waals surface area contributed by atoms with Gasteiger partial charge in [-0.2, -0.15) is 0 Å². The number of esters is 1. The van der Waals surface area contributed by atoms with Gasteiger partial charge in [-0.05, 0) is 32.4 Å². The zero-order valence-corrected chi connectivity index (χ0v) is 15.1. The minimum absolute atomic E-state index is 0.0348. The number of nitrogens with one attached hydrogen (secondary N) is 1. The van der Waals surface area contributed by atoms with E-state index in [1.807, 2.05) is 0 Å². The predicted octanol–water partition coefficient (Wildman–Crippen LogP) is 3.25. The van der Waals surface area contributed by atoms with Crippen LogP contribution in [0.15, 0.2) is 36.7 Å². The van der Waals surface area contributed by atoms with Crippen LogP contribution < -0.4 is 5.32 Å². The number of rotatable bonds is 6. The Bertz CT molecular complexity index is 747. The first-order chi connectivity index (χ1) is 11.9. The summed E-state index contributed by atoms with van der Waals surface area (Å²) in [6.45, 7) is 5.31. The quantitative estimate of drug-likeness (QED) is 0.799. The second-order valence-electron chi connectivity index (χ2n) is 5.83. The van der Waals surface area contributed by atoms with Crippen LogP contribution in [0.4, 0.5) is 0 Å².